The molecular formula is C15H19NO2. The Morgan fingerprint density at radius 2 is 2.06 bits per heavy atom. The summed E-state index contributed by atoms with van der Waals surface area (Å²) in [5.41, 5.74) is 2.12. The van der Waals surface area contributed by atoms with Gasteiger partial charge in [-0.1, -0.05) is 25.1 Å². The van der Waals surface area contributed by atoms with Crippen molar-refractivity contribution in [3.63, 3.8) is 0 Å². The van der Waals surface area contributed by atoms with Gasteiger partial charge in [0.15, 0.2) is 0 Å². The summed E-state index contributed by atoms with van der Waals surface area (Å²) in [7, 11) is 1.48. The molecule has 1 N–H and O–H groups in total. The van der Waals surface area contributed by atoms with Crippen LogP contribution >= 0.6 is 0 Å². The van der Waals surface area contributed by atoms with Gasteiger partial charge in [-0.15, -0.1) is 0 Å². The summed E-state index contributed by atoms with van der Waals surface area (Å²) in [4.78, 5) is 12.1. The van der Waals surface area contributed by atoms with E-state index in [0.717, 1.165) is 12.8 Å². The first-order valence-corrected chi connectivity index (χ1v) is 6.47. The second-order valence-electron chi connectivity index (χ2n) is 5.95. The molecule has 1 fully saturated rings. The Kier molecular flexibility index (Phi) is 2.25. The van der Waals surface area contributed by atoms with E-state index in [-0.39, 0.29) is 17.4 Å². The van der Waals surface area contributed by atoms with Gasteiger partial charge < -0.3 is 10.1 Å². The lowest BCUT2D eigenvalue weighted by Crippen LogP contribution is -2.46. The van der Waals surface area contributed by atoms with Crippen LogP contribution in [0.2, 0.25) is 0 Å². The fourth-order valence-corrected chi connectivity index (χ4v) is 3.84. The summed E-state index contributed by atoms with van der Waals surface area (Å²) >= 11 is 0. The topological polar surface area (TPSA) is 38.3 Å². The normalized spacial score (nSPS) is 36.7. The van der Waals surface area contributed by atoms with Crippen LogP contribution in [0.3, 0.4) is 0 Å². The molecule has 1 heterocycles. The number of para-hydroxylation sites is 1. The molecular weight excluding hydrogens is 226 g/mol. The van der Waals surface area contributed by atoms with E-state index >= 15 is 0 Å². The van der Waals surface area contributed by atoms with E-state index in [9.17, 15) is 4.79 Å². The van der Waals surface area contributed by atoms with E-state index in [1.165, 1.54) is 18.4 Å². The molecule has 0 amide bonds. The Bertz CT molecular complexity index is 513. The van der Waals surface area contributed by atoms with Crippen molar-refractivity contribution in [1.29, 1.82) is 0 Å². The van der Waals surface area contributed by atoms with Crippen molar-refractivity contribution in [2.45, 2.75) is 38.1 Å². The molecule has 3 atom stereocenters. The second kappa shape index (κ2) is 3.50. The minimum atomic E-state index is -0.428. The first-order valence-electron chi connectivity index (χ1n) is 6.47. The van der Waals surface area contributed by atoms with Crippen LogP contribution in [0.5, 0.6) is 0 Å². The summed E-state index contributed by atoms with van der Waals surface area (Å²) < 4.78 is 5.01. The van der Waals surface area contributed by atoms with E-state index in [0.29, 0.717) is 0 Å². The van der Waals surface area contributed by atoms with Gasteiger partial charge >= 0.3 is 5.97 Å². The number of rotatable bonds is 1. The molecule has 1 aromatic carbocycles. The van der Waals surface area contributed by atoms with Gasteiger partial charge in [-0.2, -0.15) is 0 Å². The Morgan fingerprint density at radius 1 is 1.33 bits per heavy atom. The van der Waals surface area contributed by atoms with Crippen molar-refractivity contribution in [2.24, 2.45) is 5.41 Å². The van der Waals surface area contributed by atoms with Crippen LogP contribution in [-0.2, 0) is 14.9 Å². The van der Waals surface area contributed by atoms with Gasteiger partial charge in [0.2, 0.25) is 0 Å². The third-order valence-corrected chi connectivity index (χ3v) is 4.93. The molecule has 0 aromatic heterocycles. The fraction of sp³-hybridized carbons (Fsp3) is 0.533. The first-order chi connectivity index (χ1) is 8.52. The highest BCUT2D eigenvalue weighted by atomic mass is 16.5. The summed E-state index contributed by atoms with van der Waals surface area (Å²) in [5, 5.41) is 3.54. The number of hydrogen-bond donors (Lipinski definition) is 1. The molecule has 0 bridgehead atoms. The second-order valence-corrected chi connectivity index (χ2v) is 5.95. The molecule has 1 aliphatic heterocycles. The van der Waals surface area contributed by atoms with E-state index in [1.807, 2.05) is 13.0 Å². The molecule has 96 valence electrons. The molecule has 1 aliphatic carbocycles. The minimum Gasteiger partial charge on any atom is -0.469 e. The zero-order valence-corrected chi connectivity index (χ0v) is 11.1. The number of methoxy groups -OCH3 is 1. The number of carbonyl (C=O) groups excluding carboxylic acids is 1. The van der Waals surface area contributed by atoms with Crippen molar-refractivity contribution >= 4 is 11.7 Å². The zero-order valence-electron chi connectivity index (χ0n) is 11.1. The number of nitrogens with one attached hydrogen (secondary N) is 1. The third-order valence-electron chi connectivity index (χ3n) is 4.93. The maximum Gasteiger partial charge on any atom is 0.313 e. The highest BCUT2D eigenvalue weighted by molar-refractivity contribution is 5.81. The predicted octanol–water partition coefficient (Wildman–Crippen LogP) is 2.71. The Hall–Kier alpha value is -1.51. The Labute approximate surface area is 108 Å². The van der Waals surface area contributed by atoms with Crippen LogP contribution in [0.1, 0.15) is 32.3 Å². The van der Waals surface area contributed by atoms with Gasteiger partial charge in [-0.3, -0.25) is 4.79 Å². The van der Waals surface area contributed by atoms with Crippen molar-refractivity contribution in [2.75, 3.05) is 12.4 Å². The molecule has 1 saturated carbocycles. The molecule has 3 heteroatoms. The first kappa shape index (κ1) is 11.6. The quantitative estimate of drug-likeness (QED) is 0.773. The molecule has 0 radical (unpaired) electrons. The van der Waals surface area contributed by atoms with Crippen molar-refractivity contribution < 1.29 is 9.53 Å². The average molecular weight is 245 g/mol. The van der Waals surface area contributed by atoms with Gasteiger partial charge in [0.1, 0.15) is 0 Å². The lowest BCUT2D eigenvalue weighted by atomic mass is 9.75. The smallest absolute Gasteiger partial charge is 0.313 e. The molecule has 1 aromatic rings. The van der Waals surface area contributed by atoms with Gasteiger partial charge in [0.25, 0.3) is 0 Å². The van der Waals surface area contributed by atoms with Crippen LogP contribution in [0.4, 0.5) is 5.69 Å². The summed E-state index contributed by atoms with van der Waals surface area (Å²) in [6.45, 7) is 4.28. The van der Waals surface area contributed by atoms with E-state index < -0.39 is 5.41 Å². The van der Waals surface area contributed by atoms with Gasteiger partial charge in [-0.25, -0.2) is 0 Å². The van der Waals surface area contributed by atoms with Crippen LogP contribution in [0.15, 0.2) is 24.3 Å². The maximum absolute atomic E-state index is 12.1. The van der Waals surface area contributed by atoms with Gasteiger partial charge in [0.05, 0.1) is 18.6 Å². The lowest BCUT2D eigenvalue weighted by Gasteiger charge is -2.32. The van der Waals surface area contributed by atoms with Gasteiger partial charge in [0, 0.05) is 11.1 Å². The fourth-order valence-electron chi connectivity index (χ4n) is 3.84. The summed E-state index contributed by atoms with van der Waals surface area (Å²) in [6.07, 6.45) is 1.90. The lowest BCUT2D eigenvalue weighted by molar-refractivity contribution is -0.152. The Morgan fingerprint density at radius 3 is 2.78 bits per heavy atom. The molecule has 3 rings (SSSR count). The molecule has 1 unspecified atom stereocenters. The van der Waals surface area contributed by atoms with Crippen molar-refractivity contribution in [1.82, 2.24) is 0 Å². The summed E-state index contributed by atoms with van der Waals surface area (Å²) in [6, 6.07) is 8.50. The van der Waals surface area contributed by atoms with E-state index in [1.54, 1.807) is 0 Å². The SMILES string of the molecule is COC(=O)C1(C)CC[C@@]2(C)c3ccccc3N[C@@H]12. The number of ether oxygens (including phenoxy) is 1. The number of esters is 1. The summed E-state index contributed by atoms with van der Waals surface area (Å²) in [5.74, 6) is -0.100. The number of anilines is 1. The highest BCUT2D eigenvalue weighted by Crippen LogP contribution is 2.57. The van der Waals surface area contributed by atoms with Gasteiger partial charge in [-0.05, 0) is 31.4 Å². The zero-order chi connectivity index (χ0) is 13.0. The number of hydrogen-bond acceptors (Lipinski definition) is 3. The maximum atomic E-state index is 12.1. The number of carbonyl (C=O) groups is 1. The molecule has 18 heavy (non-hydrogen) atoms. The van der Waals surface area contributed by atoms with Crippen LogP contribution in [0, 0.1) is 5.41 Å². The molecule has 3 nitrogen and oxygen atoms in total. The molecule has 0 spiro atoms. The number of fused-ring (bicyclic) bond motifs is 3. The largest absolute Gasteiger partial charge is 0.469 e. The van der Waals surface area contributed by atoms with Crippen LogP contribution in [-0.4, -0.2) is 19.1 Å². The minimum absolute atomic E-state index is 0.0412. The van der Waals surface area contributed by atoms with Crippen molar-refractivity contribution in [3.8, 4) is 0 Å². The van der Waals surface area contributed by atoms with E-state index in [4.69, 9.17) is 4.74 Å². The standard InChI is InChI=1S/C15H19NO2/c1-14-8-9-15(2,13(17)18-3)12(14)16-11-7-5-4-6-10(11)14/h4-7,12,16H,8-9H2,1-3H3/t12-,14+,15?/m1/s1. The monoisotopic (exact) mass is 245 g/mol. The Balaban J connectivity index is 2.07. The average Bonchev–Trinajstić information content (AvgIpc) is 2.83. The van der Waals surface area contributed by atoms with E-state index in [2.05, 4.69) is 30.4 Å². The highest BCUT2D eigenvalue weighted by Gasteiger charge is 2.60. The van der Waals surface area contributed by atoms with Crippen LogP contribution < -0.4 is 5.32 Å². The van der Waals surface area contributed by atoms with Crippen molar-refractivity contribution in [3.05, 3.63) is 29.8 Å². The third kappa shape index (κ3) is 1.22. The number of benzene rings is 1. The van der Waals surface area contributed by atoms with Crippen LogP contribution in [0.25, 0.3) is 0 Å². The predicted molar refractivity (Wildman–Crippen MR) is 70.6 cm³/mol. The molecule has 0 saturated heterocycles. The molecule has 2 aliphatic rings.